The van der Waals surface area contributed by atoms with Gasteiger partial charge in [-0.25, -0.2) is 0 Å². The van der Waals surface area contributed by atoms with Crippen molar-refractivity contribution in [2.45, 2.75) is 57.5 Å². The summed E-state index contributed by atoms with van der Waals surface area (Å²) in [7, 11) is 3.99. The van der Waals surface area contributed by atoms with Crippen LogP contribution in [-0.4, -0.2) is 37.2 Å². The maximum absolute atomic E-state index is 6.24. The molecule has 118 valence electrons. The lowest BCUT2D eigenvalue weighted by atomic mass is 9.76. The monoisotopic (exact) mass is 290 g/mol. The molecule has 1 aliphatic carbocycles. The third-order valence-electron chi connectivity index (χ3n) is 5.41. The van der Waals surface area contributed by atoms with Gasteiger partial charge in [0.25, 0.3) is 0 Å². The molecule has 0 amide bonds. The molecule has 1 atom stereocenters. The molecule has 2 N–H and O–H groups in total. The van der Waals surface area contributed by atoms with Gasteiger partial charge in [0, 0.05) is 18.1 Å². The van der Waals surface area contributed by atoms with Crippen LogP contribution in [-0.2, 0) is 12.8 Å². The lowest BCUT2D eigenvalue weighted by molar-refractivity contribution is 0.0594. The number of benzene rings is 1. The minimum absolute atomic E-state index is 0.0933. The van der Waals surface area contributed by atoms with E-state index in [-0.39, 0.29) is 5.54 Å². The molecule has 21 heavy (non-hydrogen) atoms. The van der Waals surface area contributed by atoms with E-state index in [1.165, 1.54) is 24.0 Å². The first-order valence-electron chi connectivity index (χ1n) is 8.19. The zero-order valence-electron chi connectivity index (χ0n) is 14.0. The number of hydrogen-bond acceptors (Lipinski definition) is 3. The van der Waals surface area contributed by atoms with Crippen LogP contribution in [0.2, 0.25) is 0 Å². The van der Waals surface area contributed by atoms with Crippen molar-refractivity contribution >= 4 is 0 Å². The Balaban J connectivity index is 2.30. The van der Waals surface area contributed by atoms with E-state index in [4.69, 9.17) is 10.5 Å². The second-order valence-corrected chi connectivity index (χ2v) is 6.32. The maximum Gasteiger partial charge on any atom is 0.119 e. The van der Waals surface area contributed by atoms with Crippen LogP contribution >= 0.6 is 0 Å². The molecule has 1 aliphatic rings. The molecule has 2 rings (SSSR count). The summed E-state index contributed by atoms with van der Waals surface area (Å²) < 4.78 is 5.39. The Kier molecular flexibility index (Phi) is 5.28. The van der Waals surface area contributed by atoms with Crippen LogP contribution in [0.1, 0.15) is 44.2 Å². The fourth-order valence-corrected chi connectivity index (χ4v) is 3.79. The first-order valence-corrected chi connectivity index (χ1v) is 8.19. The molecular weight excluding hydrogens is 260 g/mol. The van der Waals surface area contributed by atoms with Gasteiger partial charge in [-0.1, -0.05) is 19.9 Å². The van der Waals surface area contributed by atoms with Crippen LogP contribution in [0.25, 0.3) is 0 Å². The Morgan fingerprint density at radius 1 is 1.29 bits per heavy atom. The van der Waals surface area contributed by atoms with Crippen LogP contribution in [0.15, 0.2) is 18.2 Å². The normalized spacial score (nSPS) is 21.7. The zero-order chi connectivity index (χ0) is 15.5. The van der Waals surface area contributed by atoms with Gasteiger partial charge in [-0.05, 0) is 62.4 Å². The van der Waals surface area contributed by atoms with Gasteiger partial charge in [-0.2, -0.15) is 0 Å². The smallest absolute Gasteiger partial charge is 0.119 e. The topological polar surface area (TPSA) is 38.5 Å². The Bertz CT molecular complexity index is 470. The molecule has 0 fully saturated rings. The van der Waals surface area contributed by atoms with E-state index in [1.807, 2.05) is 0 Å². The molecule has 0 saturated carbocycles. The van der Waals surface area contributed by atoms with Crippen molar-refractivity contribution in [1.82, 2.24) is 4.90 Å². The fourth-order valence-electron chi connectivity index (χ4n) is 3.79. The van der Waals surface area contributed by atoms with Crippen molar-refractivity contribution in [1.29, 1.82) is 0 Å². The van der Waals surface area contributed by atoms with Crippen molar-refractivity contribution in [2.24, 2.45) is 5.73 Å². The number of nitrogens with two attached hydrogens (primary N) is 1. The number of nitrogens with zero attached hydrogens (tertiary/aromatic N) is 1. The van der Waals surface area contributed by atoms with Crippen molar-refractivity contribution in [2.75, 3.05) is 20.7 Å². The second kappa shape index (κ2) is 6.80. The van der Waals surface area contributed by atoms with Gasteiger partial charge in [0.15, 0.2) is 0 Å². The van der Waals surface area contributed by atoms with E-state index in [1.54, 1.807) is 7.11 Å². The Morgan fingerprint density at radius 2 is 2.00 bits per heavy atom. The number of likely N-dealkylation sites (N-methyl/N-ethyl adjacent to an activating group) is 1. The van der Waals surface area contributed by atoms with Gasteiger partial charge in [0.05, 0.1) is 7.11 Å². The first-order chi connectivity index (χ1) is 10.1. The molecule has 1 aromatic rings. The van der Waals surface area contributed by atoms with Crippen LogP contribution in [0, 0.1) is 0 Å². The molecule has 0 bridgehead atoms. The van der Waals surface area contributed by atoms with Crippen LogP contribution in [0.3, 0.4) is 0 Å². The second-order valence-electron chi connectivity index (χ2n) is 6.32. The predicted octanol–water partition coefficient (Wildman–Crippen LogP) is 3.00. The molecule has 0 saturated heterocycles. The minimum atomic E-state index is 0.0933. The molecule has 0 heterocycles. The van der Waals surface area contributed by atoms with Crippen LogP contribution in [0.5, 0.6) is 5.75 Å². The highest BCUT2D eigenvalue weighted by molar-refractivity contribution is 5.39. The fraction of sp³-hybridized carbons (Fsp3) is 0.667. The van der Waals surface area contributed by atoms with E-state index in [0.29, 0.717) is 6.04 Å². The summed E-state index contributed by atoms with van der Waals surface area (Å²) in [5.41, 5.74) is 9.20. The van der Waals surface area contributed by atoms with E-state index in [9.17, 15) is 0 Å². The summed E-state index contributed by atoms with van der Waals surface area (Å²) >= 11 is 0. The van der Waals surface area contributed by atoms with Gasteiger partial charge < -0.3 is 10.5 Å². The van der Waals surface area contributed by atoms with E-state index in [0.717, 1.165) is 31.6 Å². The molecule has 3 nitrogen and oxygen atoms in total. The number of aryl methyl sites for hydroxylation is 1. The number of hydrogen-bond donors (Lipinski definition) is 1. The first kappa shape index (κ1) is 16.3. The molecule has 3 heteroatoms. The number of ether oxygens (including phenoxy) is 1. The molecule has 0 aromatic heterocycles. The van der Waals surface area contributed by atoms with Crippen LogP contribution < -0.4 is 10.5 Å². The summed E-state index contributed by atoms with van der Waals surface area (Å²) in [6, 6.07) is 7.09. The van der Waals surface area contributed by atoms with E-state index < -0.39 is 0 Å². The number of methoxy groups -OCH3 is 1. The van der Waals surface area contributed by atoms with Gasteiger partial charge in [0.2, 0.25) is 0 Å². The minimum Gasteiger partial charge on any atom is -0.497 e. The van der Waals surface area contributed by atoms with Crippen molar-refractivity contribution in [3.8, 4) is 5.75 Å². The maximum atomic E-state index is 6.24. The van der Waals surface area contributed by atoms with E-state index >= 15 is 0 Å². The standard InChI is InChI=1S/C18H30N2O/c1-5-16(6-2)20(3)18(13-19)10-9-14-7-8-17(21-4)11-15(14)12-18/h7-8,11,16H,5-6,9-10,12-13,19H2,1-4H3. The third-order valence-corrected chi connectivity index (χ3v) is 5.41. The predicted molar refractivity (Wildman–Crippen MR) is 88.9 cm³/mol. The largest absolute Gasteiger partial charge is 0.497 e. The average molecular weight is 290 g/mol. The van der Waals surface area contributed by atoms with Gasteiger partial charge in [-0.15, -0.1) is 0 Å². The lowest BCUT2D eigenvalue weighted by Gasteiger charge is -2.48. The van der Waals surface area contributed by atoms with Gasteiger partial charge in [-0.3, -0.25) is 4.90 Å². The lowest BCUT2D eigenvalue weighted by Crippen LogP contribution is -2.58. The summed E-state index contributed by atoms with van der Waals surface area (Å²) in [4.78, 5) is 2.55. The molecule has 0 aliphatic heterocycles. The average Bonchev–Trinajstić information content (AvgIpc) is 2.54. The molecular formula is C18H30N2O. The molecule has 0 spiro atoms. The number of fused-ring (bicyclic) bond motifs is 1. The number of rotatable bonds is 6. The van der Waals surface area contributed by atoms with Crippen molar-refractivity contribution in [3.05, 3.63) is 29.3 Å². The highest BCUT2D eigenvalue weighted by atomic mass is 16.5. The molecule has 1 aromatic carbocycles. The summed E-state index contributed by atoms with van der Waals surface area (Å²) in [6.45, 7) is 5.26. The highest BCUT2D eigenvalue weighted by Gasteiger charge is 2.39. The molecule has 1 unspecified atom stereocenters. The SMILES string of the molecule is CCC(CC)N(C)C1(CN)CCc2ccc(OC)cc2C1. The third kappa shape index (κ3) is 3.09. The van der Waals surface area contributed by atoms with Crippen LogP contribution in [0.4, 0.5) is 0 Å². The summed E-state index contributed by atoms with van der Waals surface area (Å²) in [6.07, 6.45) is 5.65. The Hall–Kier alpha value is -1.06. The van der Waals surface area contributed by atoms with E-state index in [2.05, 4.69) is 44.0 Å². The van der Waals surface area contributed by atoms with Crippen molar-refractivity contribution in [3.63, 3.8) is 0 Å². The Labute approximate surface area is 129 Å². The quantitative estimate of drug-likeness (QED) is 0.875. The zero-order valence-corrected chi connectivity index (χ0v) is 14.0. The summed E-state index contributed by atoms with van der Waals surface area (Å²) in [5.74, 6) is 0.951. The van der Waals surface area contributed by atoms with Gasteiger partial charge in [0.1, 0.15) is 5.75 Å². The molecule has 0 radical (unpaired) electrons. The van der Waals surface area contributed by atoms with Crippen molar-refractivity contribution < 1.29 is 4.74 Å². The highest BCUT2D eigenvalue weighted by Crippen LogP contribution is 2.35. The Morgan fingerprint density at radius 3 is 2.57 bits per heavy atom. The van der Waals surface area contributed by atoms with Gasteiger partial charge >= 0.3 is 0 Å². The summed E-state index contributed by atoms with van der Waals surface area (Å²) in [5, 5.41) is 0.